The molecule has 3 rings (SSSR count). The van der Waals surface area contributed by atoms with Gasteiger partial charge in [-0.15, -0.1) is 0 Å². The van der Waals surface area contributed by atoms with Gasteiger partial charge in [0.1, 0.15) is 0 Å². The van der Waals surface area contributed by atoms with Gasteiger partial charge in [-0.2, -0.15) is 0 Å². The molecule has 0 spiro atoms. The Morgan fingerprint density at radius 3 is 2.87 bits per heavy atom. The van der Waals surface area contributed by atoms with E-state index < -0.39 is 0 Å². The number of benzene rings is 1. The number of aromatic nitrogens is 1. The molecule has 3 nitrogen and oxygen atoms in total. The largest absolute Gasteiger partial charge is 0.353 e. The van der Waals surface area contributed by atoms with Crippen LogP contribution < -0.4 is 0 Å². The Hall–Kier alpha value is -1.13. The first-order valence-electron chi connectivity index (χ1n) is 7.83. The van der Waals surface area contributed by atoms with Gasteiger partial charge in [-0.25, -0.2) is 0 Å². The van der Waals surface area contributed by atoms with Crippen LogP contribution in [0.4, 0.5) is 0 Å². The van der Waals surface area contributed by atoms with Crippen molar-refractivity contribution in [2.24, 2.45) is 0 Å². The summed E-state index contributed by atoms with van der Waals surface area (Å²) in [6.07, 6.45) is 7.35. The van der Waals surface area contributed by atoms with Crippen LogP contribution in [0.5, 0.6) is 0 Å². The molecule has 2 heterocycles. The molecule has 1 saturated heterocycles. The van der Waals surface area contributed by atoms with Crippen molar-refractivity contribution in [2.45, 2.75) is 38.1 Å². The Balaban J connectivity index is 1.42. The third-order valence-corrected chi connectivity index (χ3v) is 4.67. The molecule has 5 heteroatoms. The van der Waals surface area contributed by atoms with Crippen molar-refractivity contribution < 1.29 is 9.47 Å². The minimum atomic E-state index is -0.136. The predicted octanol–water partition coefficient (Wildman–Crippen LogP) is 5.22. The lowest BCUT2D eigenvalue weighted by molar-refractivity contribution is -0.135. The summed E-state index contributed by atoms with van der Waals surface area (Å²) in [5, 5.41) is 1.13. The van der Waals surface area contributed by atoms with Gasteiger partial charge in [0.05, 0.1) is 22.8 Å². The molecule has 2 atom stereocenters. The van der Waals surface area contributed by atoms with Gasteiger partial charge >= 0.3 is 0 Å². The molecule has 1 aliphatic rings. The maximum Gasteiger partial charge on any atom is 0.158 e. The molecule has 122 valence electrons. The van der Waals surface area contributed by atoms with Gasteiger partial charge in [-0.1, -0.05) is 35.3 Å². The van der Waals surface area contributed by atoms with E-state index in [1.54, 1.807) is 6.20 Å². The van der Waals surface area contributed by atoms with Crippen molar-refractivity contribution in [2.75, 3.05) is 6.61 Å². The second-order valence-corrected chi connectivity index (χ2v) is 6.46. The zero-order chi connectivity index (χ0) is 16.1. The highest BCUT2D eigenvalue weighted by Crippen LogP contribution is 2.35. The Labute approximate surface area is 146 Å². The van der Waals surface area contributed by atoms with Crippen molar-refractivity contribution >= 4 is 23.2 Å². The van der Waals surface area contributed by atoms with E-state index in [0.29, 0.717) is 16.7 Å². The van der Waals surface area contributed by atoms with Crippen molar-refractivity contribution in [3.05, 3.63) is 63.9 Å². The molecule has 1 aliphatic heterocycles. The molecule has 0 saturated carbocycles. The molecule has 1 aromatic heterocycles. The summed E-state index contributed by atoms with van der Waals surface area (Å²) in [7, 11) is 0. The second-order valence-electron chi connectivity index (χ2n) is 5.64. The average Bonchev–Trinajstić information content (AvgIpc) is 3.04. The minimum absolute atomic E-state index is 0.0353. The SMILES string of the molecule is Clc1ccc([C@H]2CC[C@@H](OCCCc3cccnc3)O2)cc1Cl. The number of hydrogen-bond acceptors (Lipinski definition) is 3. The van der Waals surface area contributed by atoms with Crippen LogP contribution in [0.2, 0.25) is 10.0 Å². The van der Waals surface area contributed by atoms with Crippen LogP contribution in [-0.2, 0) is 15.9 Å². The first kappa shape index (κ1) is 16.7. The van der Waals surface area contributed by atoms with Gasteiger partial charge in [0.15, 0.2) is 6.29 Å². The molecule has 0 bridgehead atoms. The fourth-order valence-electron chi connectivity index (χ4n) is 2.72. The monoisotopic (exact) mass is 351 g/mol. The van der Waals surface area contributed by atoms with Gasteiger partial charge in [-0.3, -0.25) is 4.98 Å². The van der Waals surface area contributed by atoms with Gasteiger partial charge in [-0.05, 0) is 48.6 Å². The summed E-state index contributed by atoms with van der Waals surface area (Å²) in [4.78, 5) is 4.11. The number of hydrogen-bond donors (Lipinski definition) is 0. The lowest BCUT2D eigenvalue weighted by Crippen LogP contribution is -2.13. The maximum absolute atomic E-state index is 6.07. The molecule has 0 unspecified atom stereocenters. The zero-order valence-electron chi connectivity index (χ0n) is 12.8. The van der Waals surface area contributed by atoms with Gasteiger partial charge < -0.3 is 9.47 Å². The molecule has 23 heavy (non-hydrogen) atoms. The van der Waals surface area contributed by atoms with E-state index >= 15 is 0 Å². The Morgan fingerprint density at radius 2 is 2.09 bits per heavy atom. The van der Waals surface area contributed by atoms with E-state index in [1.807, 2.05) is 30.5 Å². The summed E-state index contributed by atoms with van der Waals surface area (Å²) < 4.78 is 11.8. The maximum atomic E-state index is 6.07. The molecule has 0 amide bonds. The smallest absolute Gasteiger partial charge is 0.158 e. The fourth-order valence-corrected chi connectivity index (χ4v) is 3.03. The molecule has 0 aliphatic carbocycles. The summed E-state index contributed by atoms with van der Waals surface area (Å²) in [6, 6.07) is 9.69. The van der Waals surface area contributed by atoms with Crippen molar-refractivity contribution in [3.8, 4) is 0 Å². The molecule has 1 aromatic carbocycles. The van der Waals surface area contributed by atoms with Gasteiger partial charge in [0, 0.05) is 18.8 Å². The molecule has 0 radical (unpaired) electrons. The number of halogens is 2. The second kappa shape index (κ2) is 8.11. The molecular weight excluding hydrogens is 333 g/mol. The number of nitrogens with zero attached hydrogens (tertiary/aromatic N) is 1. The topological polar surface area (TPSA) is 31.4 Å². The van der Waals surface area contributed by atoms with Crippen LogP contribution in [0.25, 0.3) is 0 Å². The van der Waals surface area contributed by atoms with Crippen LogP contribution in [0.3, 0.4) is 0 Å². The quantitative estimate of drug-likeness (QED) is 0.669. The van der Waals surface area contributed by atoms with Crippen molar-refractivity contribution in [1.82, 2.24) is 4.98 Å². The summed E-state index contributed by atoms with van der Waals surface area (Å²) in [5.41, 5.74) is 2.29. The first-order chi connectivity index (χ1) is 11.2. The summed E-state index contributed by atoms with van der Waals surface area (Å²) in [6.45, 7) is 0.688. The van der Waals surface area contributed by atoms with Crippen molar-refractivity contribution in [3.63, 3.8) is 0 Å². The minimum Gasteiger partial charge on any atom is -0.353 e. The predicted molar refractivity (Wildman–Crippen MR) is 91.8 cm³/mol. The Morgan fingerprint density at radius 1 is 1.17 bits per heavy atom. The molecule has 0 N–H and O–H groups in total. The summed E-state index contributed by atoms with van der Waals surface area (Å²) >= 11 is 12.0. The van der Waals surface area contributed by atoms with E-state index in [9.17, 15) is 0 Å². The Kier molecular flexibility index (Phi) is 5.90. The van der Waals surface area contributed by atoms with Gasteiger partial charge in [0.2, 0.25) is 0 Å². The first-order valence-corrected chi connectivity index (χ1v) is 8.59. The van der Waals surface area contributed by atoms with E-state index in [-0.39, 0.29) is 12.4 Å². The number of ether oxygens (including phenoxy) is 2. The van der Waals surface area contributed by atoms with Crippen LogP contribution in [-0.4, -0.2) is 17.9 Å². The molecule has 2 aromatic rings. The van der Waals surface area contributed by atoms with E-state index in [4.69, 9.17) is 32.7 Å². The number of rotatable bonds is 6. The van der Waals surface area contributed by atoms with Crippen LogP contribution in [0, 0.1) is 0 Å². The van der Waals surface area contributed by atoms with Crippen LogP contribution in [0.1, 0.15) is 36.5 Å². The third kappa shape index (κ3) is 4.67. The lowest BCUT2D eigenvalue weighted by Gasteiger charge is -2.15. The third-order valence-electron chi connectivity index (χ3n) is 3.93. The van der Waals surface area contributed by atoms with E-state index in [0.717, 1.165) is 31.2 Å². The highest BCUT2D eigenvalue weighted by Gasteiger charge is 2.27. The normalized spacial score (nSPS) is 20.8. The number of aryl methyl sites for hydroxylation is 1. The van der Waals surface area contributed by atoms with Crippen molar-refractivity contribution in [1.29, 1.82) is 0 Å². The lowest BCUT2D eigenvalue weighted by atomic mass is 10.1. The average molecular weight is 352 g/mol. The summed E-state index contributed by atoms with van der Waals surface area (Å²) in [5.74, 6) is 0. The highest BCUT2D eigenvalue weighted by atomic mass is 35.5. The van der Waals surface area contributed by atoms with E-state index in [1.165, 1.54) is 5.56 Å². The highest BCUT2D eigenvalue weighted by molar-refractivity contribution is 6.42. The number of pyridine rings is 1. The van der Waals surface area contributed by atoms with Gasteiger partial charge in [0.25, 0.3) is 0 Å². The molecule has 1 fully saturated rings. The Bertz CT molecular complexity index is 636. The zero-order valence-corrected chi connectivity index (χ0v) is 14.3. The standard InChI is InChI=1S/C18H19Cl2NO2/c19-15-6-5-14(11-16(15)20)17-7-8-18(23-17)22-10-2-4-13-3-1-9-21-12-13/h1,3,5-6,9,11-12,17-18H,2,4,7-8,10H2/t17-,18+/m1/s1. The van der Waals surface area contributed by atoms with E-state index in [2.05, 4.69) is 11.1 Å². The van der Waals surface area contributed by atoms with Crippen LogP contribution in [0.15, 0.2) is 42.7 Å². The van der Waals surface area contributed by atoms with Crippen LogP contribution >= 0.6 is 23.2 Å². The fraction of sp³-hybridized carbons (Fsp3) is 0.389. The molecular formula is C18H19Cl2NO2.